The lowest BCUT2D eigenvalue weighted by atomic mass is 9.47. The van der Waals surface area contributed by atoms with E-state index in [1.165, 1.54) is 51.4 Å². The third-order valence-electron chi connectivity index (χ3n) is 9.81. The molecular formula is C26H47NO2. The number of fused-ring (bicyclic) bond motifs is 3. The monoisotopic (exact) mass is 405 g/mol. The van der Waals surface area contributed by atoms with E-state index in [4.69, 9.17) is 0 Å². The van der Waals surface area contributed by atoms with E-state index in [-0.39, 0.29) is 12.0 Å². The van der Waals surface area contributed by atoms with Crippen molar-refractivity contribution in [2.24, 2.45) is 51.5 Å². The summed E-state index contributed by atoms with van der Waals surface area (Å²) in [5, 5.41) is 22.9. The minimum absolute atomic E-state index is 0.0251. The molecule has 0 amide bonds. The van der Waals surface area contributed by atoms with Crippen molar-refractivity contribution >= 4 is 5.71 Å². The molecule has 7 atom stereocenters. The van der Waals surface area contributed by atoms with Crippen molar-refractivity contribution in [3.63, 3.8) is 0 Å². The average molecular weight is 406 g/mol. The van der Waals surface area contributed by atoms with E-state index in [0.717, 1.165) is 54.6 Å². The van der Waals surface area contributed by atoms with Crippen LogP contribution in [0.1, 0.15) is 105 Å². The number of hydrogen-bond acceptors (Lipinski definition) is 3. The van der Waals surface area contributed by atoms with E-state index >= 15 is 0 Å². The van der Waals surface area contributed by atoms with Crippen molar-refractivity contribution < 1.29 is 10.3 Å². The zero-order valence-electron chi connectivity index (χ0n) is 19.8. The van der Waals surface area contributed by atoms with E-state index in [9.17, 15) is 10.3 Å². The summed E-state index contributed by atoms with van der Waals surface area (Å²) in [5.74, 6) is 4.80. The molecule has 0 aliphatic heterocycles. The molecule has 3 aliphatic rings. The lowest BCUT2D eigenvalue weighted by molar-refractivity contribution is -0.0458. The van der Waals surface area contributed by atoms with Crippen molar-refractivity contribution in [1.82, 2.24) is 0 Å². The molecule has 168 valence electrons. The number of aliphatic hydroxyl groups is 1. The molecule has 0 saturated heterocycles. The molecule has 0 aromatic carbocycles. The third kappa shape index (κ3) is 4.27. The van der Waals surface area contributed by atoms with Crippen LogP contribution in [0.2, 0.25) is 0 Å². The fourth-order valence-electron chi connectivity index (χ4n) is 8.25. The van der Waals surface area contributed by atoms with Crippen molar-refractivity contribution in [2.45, 2.75) is 105 Å². The van der Waals surface area contributed by atoms with Crippen LogP contribution in [0.25, 0.3) is 0 Å². The van der Waals surface area contributed by atoms with Gasteiger partial charge in [0.15, 0.2) is 0 Å². The highest BCUT2D eigenvalue weighted by molar-refractivity contribution is 5.90. The fraction of sp³-hybridized carbons (Fsp3) is 0.962. The predicted octanol–water partition coefficient (Wildman–Crippen LogP) is 6.91. The molecule has 0 heterocycles. The normalized spacial score (nSPS) is 42.1. The van der Waals surface area contributed by atoms with Gasteiger partial charge in [0.25, 0.3) is 0 Å². The van der Waals surface area contributed by atoms with Crippen molar-refractivity contribution in [2.75, 3.05) is 6.61 Å². The Balaban J connectivity index is 1.75. The molecule has 0 radical (unpaired) electrons. The van der Waals surface area contributed by atoms with Gasteiger partial charge in [-0.2, -0.15) is 0 Å². The Kier molecular flexibility index (Phi) is 7.40. The van der Waals surface area contributed by atoms with Crippen molar-refractivity contribution in [3.05, 3.63) is 0 Å². The van der Waals surface area contributed by atoms with Gasteiger partial charge in [-0.25, -0.2) is 0 Å². The standard InChI is InChI=1S/C26H47NO2/c1-18(2)8-6-9-19(3)21-11-12-22-20-10-13-24(27-29)26(5,15-7-17-28)23(20)14-16-25(21,22)4/h18-23,28-29H,6-17H2,1-5H3/b27-24+/t19-,20?,21?,22?,23?,25-,26-/m1/s1. The van der Waals surface area contributed by atoms with Crippen LogP contribution < -0.4 is 0 Å². The Bertz CT molecular complexity index is 573. The van der Waals surface area contributed by atoms with Gasteiger partial charge in [0.2, 0.25) is 0 Å². The van der Waals surface area contributed by atoms with Crippen LogP contribution in [-0.4, -0.2) is 22.6 Å². The average Bonchev–Trinajstić information content (AvgIpc) is 3.03. The topological polar surface area (TPSA) is 52.8 Å². The molecule has 0 aromatic heterocycles. The van der Waals surface area contributed by atoms with Crippen LogP contribution in [0.4, 0.5) is 0 Å². The van der Waals surface area contributed by atoms with Crippen LogP contribution in [0.5, 0.6) is 0 Å². The Morgan fingerprint density at radius 1 is 1.00 bits per heavy atom. The van der Waals surface area contributed by atoms with Gasteiger partial charge in [-0.05, 0) is 92.3 Å². The molecule has 3 aliphatic carbocycles. The minimum atomic E-state index is -0.0251. The second kappa shape index (κ2) is 9.28. The van der Waals surface area contributed by atoms with Crippen LogP contribution in [0.15, 0.2) is 5.16 Å². The largest absolute Gasteiger partial charge is 0.411 e. The summed E-state index contributed by atoms with van der Waals surface area (Å²) in [6.07, 6.45) is 13.5. The number of rotatable bonds is 8. The van der Waals surface area contributed by atoms with Crippen molar-refractivity contribution in [3.8, 4) is 0 Å². The van der Waals surface area contributed by atoms with E-state index in [0.29, 0.717) is 11.3 Å². The molecule has 29 heavy (non-hydrogen) atoms. The number of aliphatic hydroxyl groups excluding tert-OH is 1. The smallest absolute Gasteiger partial charge is 0.0632 e. The maximum atomic E-state index is 9.72. The molecule has 3 fully saturated rings. The first kappa shape index (κ1) is 23.1. The van der Waals surface area contributed by atoms with Gasteiger partial charge in [0, 0.05) is 12.0 Å². The van der Waals surface area contributed by atoms with Crippen LogP contribution in [-0.2, 0) is 0 Å². The molecule has 4 unspecified atom stereocenters. The molecule has 0 spiro atoms. The SMILES string of the molecule is CC(C)CCC[C@@H](C)C1CCC2C3CC/C(=N\O)[C@](C)(CCCO)C3CC[C@@]21C. The molecular weight excluding hydrogens is 358 g/mol. The zero-order valence-corrected chi connectivity index (χ0v) is 19.8. The lowest BCUT2D eigenvalue weighted by Gasteiger charge is -2.57. The van der Waals surface area contributed by atoms with Gasteiger partial charge in [-0.1, -0.05) is 59.0 Å². The molecule has 3 saturated carbocycles. The summed E-state index contributed by atoms with van der Waals surface area (Å²) in [5.41, 5.74) is 1.49. The van der Waals surface area contributed by atoms with Gasteiger partial charge in [-0.15, -0.1) is 0 Å². The molecule has 0 aromatic rings. The number of nitrogens with zero attached hydrogens (tertiary/aromatic N) is 1. The van der Waals surface area contributed by atoms with Gasteiger partial charge < -0.3 is 10.3 Å². The number of oxime groups is 1. The second-order valence-corrected chi connectivity index (χ2v) is 11.7. The van der Waals surface area contributed by atoms with Gasteiger partial charge in [-0.3, -0.25) is 0 Å². The van der Waals surface area contributed by atoms with Gasteiger partial charge in [0.1, 0.15) is 0 Å². The summed E-state index contributed by atoms with van der Waals surface area (Å²) in [6.45, 7) is 12.4. The maximum Gasteiger partial charge on any atom is 0.0632 e. The zero-order chi connectivity index (χ0) is 21.2. The first-order valence-corrected chi connectivity index (χ1v) is 12.6. The quantitative estimate of drug-likeness (QED) is 0.340. The molecule has 2 N–H and O–H groups in total. The van der Waals surface area contributed by atoms with Gasteiger partial charge in [0.05, 0.1) is 5.71 Å². The van der Waals surface area contributed by atoms with Crippen LogP contribution in [0.3, 0.4) is 0 Å². The lowest BCUT2D eigenvalue weighted by Crippen LogP contribution is -2.52. The second-order valence-electron chi connectivity index (χ2n) is 11.7. The fourth-order valence-corrected chi connectivity index (χ4v) is 8.25. The Hall–Kier alpha value is -0.570. The Morgan fingerprint density at radius 3 is 2.41 bits per heavy atom. The van der Waals surface area contributed by atoms with E-state index in [2.05, 4.69) is 39.8 Å². The summed E-state index contributed by atoms with van der Waals surface area (Å²) in [7, 11) is 0. The Labute approximate surface area is 179 Å². The van der Waals surface area contributed by atoms with E-state index in [1.807, 2.05) is 0 Å². The first-order valence-electron chi connectivity index (χ1n) is 12.6. The maximum absolute atomic E-state index is 9.72. The highest BCUT2D eigenvalue weighted by Gasteiger charge is 2.59. The molecule has 3 nitrogen and oxygen atoms in total. The summed E-state index contributed by atoms with van der Waals surface area (Å²) < 4.78 is 0. The van der Waals surface area contributed by atoms with E-state index in [1.54, 1.807) is 0 Å². The summed E-state index contributed by atoms with van der Waals surface area (Å²) in [4.78, 5) is 0. The van der Waals surface area contributed by atoms with E-state index < -0.39 is 0 Å². The molecule has 3 rings (SSSR count). The molecule has 0 bridgehead atoms. The van der Waals surface area contributed by atoms with Gasteiger partial charge >= 0.3 is 0 Å². The third-order valence-corrected chi connectivity index (χ3v) is 9.81. The predicted molar refractivity (Wildman–Crippen MR) is 121 cm³/mol. The minimum Gasteiger partial charge on any atom is -0.411 e. The van der Waals surface area contributed by atoms with Crippen molar-refractivity contribution in [1.29, 1.82) is 0 Å². The summed E-state index contributed by atoms with van der Waals surface area (Å²) >= 11 is 0. The highest BCUT2D eigenvalue weighted by Crippen LogP contribution is 2.66. The molecule has 3 heteroatoms. The Morgan fingerprint density at radius 2 is 1.76 bits per heavy atom. The number of hydrogen-bond donors (Lipinski definition) is 2. The highest BCUT2D eigenvalue weighted by atomic mass is 16.4. The first-order chi connectivity index (χ1) is 13.8. The van der Waals surface area contributed by atoms with Crippen LogP contribution in [0, 0.1) is 46.3 Å². The summed E-state index contributed by atoms with van der Waals surface area (Å²) in [6, 6.07) is 0. The van der Waals surface area contributed by atoms with Crippen LogP contribution >= 0.6 is 0 Å².